The van der Waals surface area contributed by atoms with Gasteiger partial charge >= 0.3 is 5.97 Å². The minimum Gasteiger partial charge on any atom is -0.453 e. The van der Waals surface area contributed by atoms with Gasteiger partial charge in [-0.15, -0.1) is 10.2 Å². The number of rotatable bonds is 10. The number of hydrogen-bond donors (Lipinski definition) is 2. The maximum absolute atomic E-state index is 12.2. The van der Waals surface area contributed by atoms with Crippen LogP contribution in [0, 0.1) is 5.92 Å². The van der Waals surface area contributed by atoms with Crippen LogP contribution < -0.4 is 5.32 Å². The van der Waals surface area contributed by atoms with Crippen LogP contribution in [0.1, 0.15) is 55.4 Å². The maximum Gasteiger partial charge on any atom is 0.303 e. The minimum atomic E-state index is -0.854. The number of aromatic nitrogens is 3. The molecule has 2 aromatic carbocycles. The van der Waals surface area contributed by atoms with Gasteiger partial charge in [0, 0.05) is 37.8 Å². The lowest BCUT2D eigenvalue weighted by molar-refractivity contribution is -0.268. The Balaban J connectivity index is 1.47. The van der Waals surface area contributed by atoms with E-state index >= 15 is 0 Å². The van der Waals surface area contributed by atoms with Gasteiger partial charge in [-0.2, -0.15) is 0 Å². The van der Waals surface area contributed by atoms with Crippen LogP contribution >= 0.6 is 11.8 Å². The highest BCUT2D eigenvalue weighted by Gasteiger charge is 2.38. The van der Waals surface area contributed by atoms with Crippen molar-refractivity contribution in [3.8, 4) is 0 Å². The molecule has 0 radical (unpaired) electrons. The fourth-order valence-electron chi connectivity index (χ4n) is 4.30. The lowest BCUT2D eigenvalue weighted by Crippen LogP contribution is -2.38. The van der Waals surface area contributed by atoms with Gasteiger partial charge in [0.25, 0.3) is 5.91 Å². The fraction of sp³-hybridized carbons (Fsp3) is 0.429. The summed E-state index contributed by atoms with van der Waals surface area (Å²) < 4.78 is 19.8. The monoisotopic (exact) mass is 554 g/mol. The molecule has 5 unspecified atom stereocenters. The number of aryl methyl sites for hydroxylation is 1. The summed E-state index contributed by atoms with van der Waals surface area (Å²) in [6.07, 6.45) is -0.127. The topological polar surface area (TPSA) is 125 Å². The molecule has 0 bridgehead atoms. The first-order valence-electron chi connectivity index (χ1n) is 12.8. The van der Waals surface area contributed by atoms with Crippen LogP contribution in [0.2, 0.25) is 0 Å². The molecule has 2 N–H and O–H groups in total. The van der Waals surface area contributed by atoms with E-state index in [1.807, 2.05) is 60.1 Å². The van der Waals surface area contributed by atoms with Crippen molar-refractivity contribution in [3.05, 3.63) is 77.1 Å². The predicted octanol–water partition coefficient (Wildman–Crippen LogP) is 3.46. The Morgan fingerprint density at radius 2 is 1.77 bits per heavy atom. The number of hydrogen-bond acceptors (Lipinski definition) is 9. The molecule has 0 spiro atoms. The number of carbonyl (C=O) groups excluding carboxylic acids is 2. The second-order valence-corrected chi connectivity index (χ2v) is 10.6. The van der Waals surface area contributed by atoms with Gasteiger partial charge in [0.05, 0.1) is 18.8 Å². The lowest BCUT2D eigenvalue weighted by Gasteiger charge is -2.41. The number of aliphatic hydroxyl groups is 1. The van der Waals surface area contributed by atoms with Crippen molar-refractivity contribution in [2.75, 3.05) is 5.75 Å². The summed E-state index contributed by atoms with van der Waals surface area (Å²) in [5.41, 5.74) is 3.60. The Kier molecular flexibility index (Phi) is 9.73. The van der Waals surface area contributed by atoms with E-state index in [4.69, 9.17) is 14.2 Å². The first-order chi connectivity index (χ1) is 18.7. The molecule has 3 aromatic rings. The molecule has 39 heavy (non-hydrogen) atoms. The zero-order valence-electron chi connectivity index (χ0n) is 22.4. The van der Waals surface area contributed by atoms with E-state index in [0.717, 1.165) is 27.4 Å². The fourth-order valence-corrected chi connectivity index (χ4v) is 5.35. The van der Waals surface area contributed by atoms with Gasteiger partial charge in [-0.25, -0.2) is 0 Å². The first kappa shape index (κ1) is 28.8. The standard InChI is InChI=1S/C28H34N4O6S/c1-17-24(15-39-28-31-30-16-32(28)4)37-27(38-25(17)22-9-7-21(14-33)8-10-22)23-11-5-20(6-12-23)13-29-26(35)18(2)36-19(3)34/h5-12,16-18,24-25,27,33H,13-15H2,1-4H3,(H,29,35). The number of thioether (sulfide) groups is 1. The molecule has 1 fully saturated rings. The summed E-state index contributed by atoms with van der Waals surface area (Å²) in [7, 11) is 1.91. The minimum absolute atomic E-state index is 0.0144. The Bertz CT molecular complexity index is 1250. The zero-order chi connectivity index (χ0) is 27.9. The number of benzene rings is 2. The molecule has 1 amide bonds. The second-order valence-electron chi connectivity index (χ2n) is 9.57. The Morgan fingerprint density at radius 3 is 2.38 bits per heavy atom. The predicted molar refractivity (Wildman–Crippen MR) is 144 cm³/mol. The van der Waals surface area contributed by atoms with Crippen LogP contribution in [-0.2, 0) is 44.0 Å². The molecule has 11 heteroatoms. The van der Waals surface area contributed by atoms with Crippen molar-refractivity contribution in [3.63, 3.8) is 0 Å². The summed E-state index contributed by atoms with van der Waals surface area (Å²) in [5, 5.41) is 21.2. The first-order valence-corrected chi connectivity index (χ1v) is 13.7. The van der Waals surface area contributed by atoms with E-state index < -0.39 is 18.4 Å². The van der Waals surface area contributed by atoms with Crippen molar-refractivity contribution in [2.45, 2.75) is 63.7 Å². The van der Waals surface area contributed by atoms with Gasteiger partial charge in [0.1, 0.15) is 6.33 Å². The van der Waals surface area contributed by atoms with Crippen molar-refractivity contribution < 1.29 is 28.9 Å². The molecule has 0 saturated carbocycles. The van der Waals surface area contributed by atoms with Gasteiger partial charge in [0.2, 0.25) is 0 Å². The maximum atomic E-state index is 12.2. The van der Waals surface area contributed by atoms with Crippen molar-refractivity contribution in [1.82, 2.24) is 20.1 Å². The van der Waals surface area contributed by atoms with Crippen molar-refractivity contribution in [2.24, 2.45) is 13.0 Å². The van der Waals surface area contributed by atoms with Crippen molar-refractivity contribution in [1.29, 1.82) is 0 Å². The Hall–Kier alpha value is -3.25. The average molecular weight is 555 g/mol. The van der Waals surface area contributed by atoms with Crippen LogP contribution in [0.3, 0.4) is 0 Å². The van der Waals surface area contributed by atoms with E-state index in [1.165, 1.54) is 13.8 Å². The summed E-state index contributed by atoms with van der Waals surface area (Å²) in [6, 6.07) is 15.5. The van der Waals surface area contributed by atoms with Gasteiger partial charge in [-0.3, -0.25) is 9.59 Å². The van der Waals surface area contributed by atoms with Gasteiger partial charge in [-0.1, -0.05) is 67.2 Å². The third-order valence-corrected chi connectivity index (χ3v) is 7.72. The molecule has 5 atom stereocenters. The summed E-state index contributed by atoms with van der Waals surface area (Å²) in [6.45, 7) is 5.20. The SMILES string of the molecule is CC(=O)OC(C)C(=O)NCc1ccc(C2OC(CSc3nncn3C)C(C)C(c3ccc(CO)cc3)O2)cc1. The number of amides is 1. The summed E-state index contributed by atoms with van der Waals surface area (Å²) in [5.74, 6) is -0.139. The molecular weight excluding hydrogens is 520 g/mol. The molecule has 208 valence electrons. The van der Waals surface area contributed by atoms with Crippen LogP contribution in [0.5, 0.6) is 0 Å². The Labute approximate surface area is 232 Å². The second kappa shape index (κ2) is 13.2. The highest BCUT2D eigenvalue weighted by atomic mass is 32.2. The molecular formula is C28H34N4O6S. The summed E-state index contributed by atoms with van der Waals surface area (Å²) >= 11 is 1.59. The van der Waals surface area contributed by atoms with Gasteiger partial charge < -0.3 is 29.2 Å². The number of nitrogens with one attached hydrogen (secondary N) is 1. The quantitative estimate of drug-likeness (QED) is 0.286. The number of aliphatic hydroxyl groups excluding tert-OH is 1. The van der Waals surface area contributed by atoms with Crippen molar-refractivity contribution >= 4 is 23.6 Å². The average Bonchev–Trinajstić information content (AvgIpc) is 3.35. The van der Waals surface area contributed by atoms with Gasteiger partial charge in [0.15, 0.2) is 17.6 Å². The van der Waals surface area contributed by atoms with E-state index in [0.29, 0.717) is 12.3 Å². The van der Waals surface area contributed by atoms with Gasteiger partial charge in [-0.05, 0) is 23.6 Å². The molecule has 1 aliphatic heterocycles. The van der Waals surface area contributed by atoms with E-state index in [9.17, 15) is 14.7 Å². The van der Waals surface area contributed by atoms with E-state index in [1.54, 1.807) is 18.1 Å². The van der Waals surface area contributed by atoms with Crippen LogP contribution in [0.4, 0.5) is 0 Å². The summed E-state index contributed by atoms with van der Waals surface area (Å²) in [4.78, 5) is 23.2. The lowest BCUT2D eigenvalue weighted by atomic mass is 9.91. The third kappa shape index (κ3) is 7.45. The smallest absolute Gasteiger partial charge is 0.303 e. The third-order valence-electron chi connectivity index (χ3n) is 6.60. The van der Waals surface area contributed by atoms with E-state index in [-0.39, 0.29) is 30.6 Å². The molecule has 1 aromatic heterocycles. The number of esters is 1. The van der Waals surface area contributed by atoms with E-state index in [2.05, 4.69) is 22.4 Å². The van der Waals surface area contributed by atoms with Crippen LogP contribution in [0.15, 0.2) is 60.0 Å². The number of ether oxygens (including phenoxy) is 3. The largest absolute Gasteiger partial charge is 0.453 e. The molecule has 0 aliphatic carbocycles. The highest BCUT2D eigenvalue weighted by molar-refractivity contribution is 7.99. The van der Waals surface area contributed by atoms with Crippen LogP contribution in [0.25, 0.3) is 0 Å². The molecule has 10 nitrogen and oxygen atoms in total. The molecule has 1 aliphatic rings. The molecule has 1 saturated heterocycles. The highest BCUT2D eigenvalue weighted by Crippen LogP contribution is 2.42. The normalized spacial score (nSPS) is 21.8. The Morgan fingerprint density at radius 1 is 1.10 bits per heavy atom. The number of carbonyl (C=O) groups is 2. The zero-order valence-corrected chi connectivity index (χ0v) is 23.3. The van der Waals surface area contributed by atoms with Crippen LogP contribution in [-0.4, -0.2) is 49.7 Å². The molecule has 4 rings (SSSR count). The number of nitrogens with zero attached hydrogens (tertiary/aromatic N) is 3. The molecule has 2 heterocycles.